The van der Waals surface area contributed by atoms with E-state index in [1.807, 2.05) is 24.3 Å². The van der Waals surface area contributed by atoms with Gasteiger partial charge in [0, 0.05) is 12.3 Å². The molecule has 1 aromatic carbocycles. The first kappa shape index (κ1) is 17.4. The van der Waals surface area contributed by atoms with E-state index in [1.165, 1.54) is 5.56 Å². The van der Waals surface area contributed by atoms with Gasteiger partial charge in [-0.2, -0.15) is 0 Å². The van der Waals surface area contributed by atoms with E-state index in [9.17, 15) is 0 Å². The SMILES string of the molecule is CCn1c(SCc2cc(OC)c(OC)cc2C)nnc1-c1ccco1. The van der Waals surface area contributed by atoms with Gasteiger partial charge in [0.15, 0.2) is 28.2 Å². The molecule has 132 valence electrons. The molecule has 0 amide bonds. The predicted molar refractivity (Wildman–Crippen MR) is 97.2 cm³/mol. The lowest BCUT2D eigenvalue weighted by Gasteiger charge is -2.12. The Morgan fingerprint density at radius 1 is 1.16 bits per heavy atom. The first-order chi connectivity index (χ1) is 12.2. The average molecular weight is 359 g/mol. The number of aryl methyl sites for hydroxylation is 1. The van der Waals surface area contributed by atoms with E-state index in [-0.39, 0.29) is 0 Å². The zero-order valence-electron chi connectivity index (χ0n) is 14.8. The number of nitrogens with zero attached hydrogens (tertiary/aromatic N) is 3. The zero-order valence-corrected chi connectivity index (χ0v) is 15.6. The van der Waals surface area contributed by atoms with Crippen LogP contribution in [0.15, 0.2) is 40.1 Å². The molecule has 0 fully saturated rings. The molecule has 0 saturated carbocycles. The number of hydrogen-bond donors (Lipinski definition) is 0. The second-order valence-electron chi connectivity index (χ2n) is 5.45. The summed E-state index contributed by atoms with van der Waals surface area (Å²) in [5.74, 6) is 3.72. The summed E-state index contributed by atoms with van der Waals surface area (Å²) in [5.41, 5.74) is 2.33. The van der Waals surface area contributed by atoms with Gasteiger partial charge in [-0.1, -0.05) is 11.8 Å². The highest BCUT2D eigenvalue weighted by molar-refractivity contribution is 7.98. The first-order valence-electron chi connectivity index (χ1n) is 7.99. The minimum Gasteiger partial charge on any atom is -0.493 e. The molecule has 6 nitrogen and oxygen atoms in total. The fourth-order valence-electron chi connectivity index (χ4n) is 2.59. The normalized spacial score (nSPS) is 10.9. The summed E-state index contributed by atoms with van der Waals surface area (Å²) >= 11 is 1.64. The molecule has 0 saturated heterocycles. The number of aromatic nitrogens is 3. The Kier molecular flexibility index (Phi) is 5.33. The maximum atomic E-state index is 5.45. The number of thioether (sulfide) groups is 1. The summed E-state index contributed by atoms with van der Waals surface area (Å²) in [6.07, 6.45) is 1.64. The summed E-state index contributed by atoms with van der Waals surface area (Å²) in [4.78, 5) is 0. The highest BCUT2D eigenvalue weighted by Gasteiger charge is 2.16. The third kappa shape index (κ3) is 3.51. The zero-order chi connectivity index (χ0) is 17.8. The van der Waals surface area contributed by atoms with Crippen LogP contribution in [0.5, 0.6) is 11.5 Å². The Morgan fingerprint density at radius 3 is 2.56 bits per heavy atom. The van der Waals surface area contributed by atoms with Crippen LogP contribution >= 0.6 is 11.8 Å². The molecule has 0 aliphatic heterocycles. The Hall–Kier alpha value is -2.41. The highest BCUT2D eigenvalue weighted by Crippen LogP contribution is 2.33. The number of benzene rings is 1. The van der Waals surface area contributed by atoms with Crippen LogP contribution in [-0.4, -0.2) is 29.0 Å². The standard InChI is InChI=1S/C18H21N3O3S/c1-5-21-17(14-7-6-8-24-14)19-20-18(21)25-11-13-10-16(23-4)15(22-3)9-12(13)2/h6-10H,5,11H2,1-4H3. The maximum absolute atomic E-state index is 5.45. The van der Waals surface area contributed by atoms with E-state index in [1.54, 1.807) is 32.2 Å². The molecule has 0 unspecified atom stereocenters. The lowest BCUT2D eigenvalue weighted by molar-refractivity contribution is 0.354. The van der Waals surface area contributed by atoms with Gasteiger partial charge in [0.1, 0.15) is 0 Å². The topological polar surface area (TPSA) is 62.3 Å². The molecule has 3 rings (SSSR count). The van der Waals surface area contributed by atoms with Gasteiger partial charge in [0.25, 0.3) is 0 Å². The highest BCUT2D eigenvalue weighted by atomic mass is 32.2. The van der Waals surface area contributed by atoms with Crippen molar-refractivity contribution in [2.75, 3.05) is 14.2 Å². The smallest absolute Gasteiger partial charge is 0.200 e. The quantitative estimate of drug-likeness (QED) is 0.590. The Labute approximate surface area is 151 Å². The number of hydrogen-bond acceptors (Lipinski definition) is 6. The molecule has 0 spiro atoms. The van der Waals surface area contributed by atoms with Gasteiger partial charge in [-0.25, -0.2) is 0 Å². The van der Waals surface area contributed by atoms with Gasteiger partial charge in [-0.3, -0.25) is 4.57 Å². The van der Waals surface area contributed by atoms with Gasteiger partial charge >= 0.3 is 0 Å². The molecule has 7 heteroatoms. The van der Waals surface area contributed by atoms with Crippen molar-refractivity contribution < 1.29 is 13.9 Å². The molecule has 0 aliphatic carbocycles. The third-order valence-corrected chi connectivity index (χ3v) is 4.99. The molecular formula is C18H21N3O3S. The second kappa shape index (κ2) is 7.65. The molecule has 2 aromatic heterocycles. The van der Waals surface area contributed by atoms with Crippen LogP contribution in [0.1, 0.15) is 18.1 Å². The molecular weight excluding hydrogens is 338 g/mol. The van der Waals surface area contributed by atoms with Crippen molar-refractivity contribution in [2.24, 2.45) is 0 Å². The fourth-order valence-corrected chi connectivity index (χ4v) is 3.65. The summed E-state index contributed by atoms with van der Waals surface area (Å²) in [6.45, 7) is 4.91. The van der Waals surface area contributed by atoms with E-state index in [2.05, 4.69) is 28.6 Å². The van der Waals surface area contributed by atoms with Crippen LogP contribution in [0.2, 0.25) is 0 Å². The monoisotopic (exact) mass is 359 g/mol. The molecule has 3 aromatic rings. The molecule has 0 N–H and O–H groups in total. The van der Waals surface area contributed by atoms with Crippen LogP contribution in [0.25, 0.3) is 11.6 Å². The molecule has 2 heterocycles. The predicted octanol–water partition coefficient (Wildman–Crippen LogP) is 4.18. The summed E-state index contributed by atoms with van der Waals surface area (Å²) in [6, 6.07) is 7.75. The fraction of sp³-hybridized carbons (Fsp3) is 0.333. The van der Waals surface area contributed by atoms with E-state index in [4.69, 9.17) is 13.9 Å². The van der Waals surface area contributed by atoms with Crippen molar-refractivity contribution >= 4 is 11.8 Å². The van der Waals surface area contributed by atoms with Crippen molar-refractivity contribution in [3.8, 4) is 23.1 Å². The van der Waals surface area contributed by atoms with Gasteiger partial charge in [0.2, 0.25) is 0 Å². The third-order valence-electron chi connectivity index (χ3n) is 3.97. The summed E-state index contributed by atoms with van der Waals surface area (Å²) in [7, 11) is 3.29. The largest absolute Gasteiger partial charge is 0.493 e. The molecule has 0 aliphatic rings. The molecule has 0 radical (unpaired) electrons. The summed E-state index contributed by atoms with van der Waals surface area (Å²) < 4.78 is 18.3. The van der Waals surface area contributed by atoms with Crippen molar-refractivity contribution in [3.63, 3.8) is 0 Å². The average Bonchev–Trinajstić information content (AvgIpc) is 3.29. The van der Waals surface area contributed by atoms with Crippen LogP contribution < -0.4 is 9.47 Å². The number of methoxy groups -OCH3 is 2. The van der Waals surface area contributed by atoms with E-state index in [0.29, 0.717) is 0 Å². The van der Waals surface area contributed by atoms with Crippen LogP contribution in [0.3, 0.4) is 0 Å². The second-order valence-corrected chi connectivity index (χ2v) is 6.39. The number of furan rings is 1. The van der Waals surface area contributed by atoms with Crippen LogP contribution in [0, 0.1) is 6.92 Å². The number of rotatable bonds is 7. The molecule has 0 bridgehead atoms. The number of ether oxygens (including phenoxy) is 2. The van der Waals surface area contributed by atoms with Crippen LogP contribution in [-0.2, 0) is 12.3 Å². The van der Waals surface area contributed by atoms with Crippen molar-refractivity contribution in [2.45, 2.75) is 31.3 Å². The van der Waals surface area contributed by atoms with Crippen molar-refractivity contribution in [1.82, 2.24) is 14.8 Å². The summed E-state index contributed by atoms with van der Waals surface area (Å²) in [5, 5.41) is 9.47. The lowest BCUT2D eigenvalue weighted by atomic mass is 10.1. The minimum absolute atomic E-state index is 0.725. The van der Waals surface area contributed by atoms with Crippen molar-refractivity contribution in [1.29, 1.82) is 0 Å². The molecule has 0 atom stereocenters. The Bertz CT molecular complexity index is 844. The molecule has 25 heavy (non-hydrogen) atoms. The Morgan fingerprint density at radius 2 is 1.92 bits per heavy atom. The van der Waals surface area contributed by atoms with E-state index >= 15 is 0 Å². The van der Waals surface area contributed by atoms with Gasteiger partial charge in [0.05, 0.1) is 20.5 Å². The van der Waals surface area contributed by atoms with Gasteiger partial charge < -0.3 is 13.9 Å². The first-order valence-corrected chi connectivity index (χ1v) is 8.97. The van der Waals surface area contributed by atoms with Crippen molar-refractivity contribution in [3.05, 3.63) is 41.7 Å². The van der Waals surface area contributed by atoms with Crippen LogP contribution in [0.4, 0.5) is 0 Å². The van der Waals surface area contributed by atoms with E-state index < -0.39 is 0 Å². The lowest BCUT2D eigenvalue weighted by Crippen LogP contribution is -2.00. The Balaban J connectivity index is 1.83. The van der Waals surface area contributed by atoms with Gasteiger partial charge in [-0.05, 0) is 49.2 Å². The maximum Gasteiger partial charge on any atom is 0.200 e. The van der Waals surface area contributed by atoms with Gasteiger partial charge in [-0.15, -0.1) is 10.2 Å². The minimum atomic E-state index is 0.725. The van der Waals surface area contributed by atoms with E-state index in [0.717, 1.165) is 46.1 Å².